The van der Waals surface area contributed by atoms with E-state index in [0.717, 1.165) is 13.2 Å². The minimum Gasteiger partial charge on any atom is -0.352 e. The van der Waals surface area contributed by atoms with E-state index in [0.29, 0.717) is 29.6 Å². The topological polar surface area (TPSA) is 18.5 Å². The van der Waals surface area contributed by atoms with Crippen LogP contribution in [0.15, 0.2) is 23.3 Å². The molecule has 1 fully saturated rings. The zero-order valence-corrected chi connectivity index (χ0v) is 15.8. The minimum absolute atomic E-state index is 0.0265. The van der Waals surface area contributed by atoms with Crippen molar-refractivity contribution in [3.05, 3.63) is 23.3 Å². The second-order valence-electron chi connectivity index (χ2n) is 8.76. The van der Waals surface area contributed by atoms with Gasteiger partial charge in [0, 0.05) is 11.3 Å². The van der Waals surface area contributed by atoms with E-state index in [9.17, 15) is 0 Å². The van der Waals surface area contributed by atoms with E-state index in [2.05, 4.69) is 53.7 Å². The van der Waals surface area contributed by atoms with Gasteiger partial charge in [0.2, 0.25) is 0 Å². The molecule has 0 bridgehead atoms. The Kier molecular flexibility index (Phi) is 4.77. The summed E-state index contributed by atoms with van der Waals surface area (Å²) in [5.74, 6) is 2.84. The lowest BCUT2D eigenvalue weighted by atomic mass is 9.62. The van der Waals surface area contributed by atoms with Gasteiger partial charge in [-0.1, -0.05) is 51.0 Å². The average molecular weight is 319 g/mol. The third kappa shape index (κ3) is 3.05. The normalized spacial score (nSPS) is 48.1. The first-order valence-corrected chi connectivity index (χ1v) is 9.41. The van der Waals surface area contributed by atoms with Gasteiger partial charge in [0.25, 0.3) is 0 Å². The Morgan fingerprint density at radius 2 is 1.52 bits per heavy atom. The molecule has 5 atom stereocenters. The highest BCUT2D eigenvalue weighted by atomic mass is 16.7. The number of hydrogen-bond acceptors (Lipinski definition) is 2. The van der Waals surface area contributed by atoms with Crippen LogP contribution in [-0.4, -0.2) is 19.5 Å². The van der Waals surface area contributed by atoms with Crippen molar-refractivity contribution in [2.24, 2.45) is 35.0 Å². The SMILES string of the molecule is CC1=C[C@H](C)[C@H](C2OCC3(CO2)[C@H](C)CC(C)=C[C@@H]3C)[C@H](C)C1. The van der Waals surface area contributed by atoms with Crippen LogP contribution < -0.4 is 0 Å². The van der Waals surface area contributed by atoms with Crippen molar-refractivity contribution in [3.8, 4) is 0 Å². The molecular weight excluding hydrogens is 284 g/mol. The van der Waals surface area contributed by atoms with Crippen molar-refractivity contribution in [3.63, 3.8) is 0 Å². The fraction of sp³-hybridized carbons (Fsp3) is 0.810. The molecule has 0 aromatic heterocycles. The Morgan fingerprint density at radius 3 is 2.09 bits per heavy atom. The van der Waals surface area contributed by atoms with Crippen molar-refractivity contribution >= 4 is 0 Å². The van der Waals surface area contributed by atoms with Crippen LogP contribution >= 0.6 is 0 Å². The molecule has 0 amide bonds. The van der Waals surface area contributed by atoms with Gasteiger partial charge in [-0.2, -0.15) is 0 Å². The van der Waals surface area contributed by atoms with Crippen molar-refractivity contribution in [1.82, 2.24) is 0 Å². The smallest absolute Gasteiger partial charge is 0.161 e. The lowest BCUT2D eigenvalue weighted by Crippen LogP contribution is -2.53. The van der Waals surface area contributed by atoms with Gasteiger partial charge in [0.1, 0.15) is 0 Å². The van der Waals surface area contributed by atoms with Gasteiger partial charge >= 0.3 is 0 Å². The standard InChI is InChI=1S/C21H34O2/c1-13-7-15(3)19(16(4)8-13)20-22-11-21(12-23-20)17(5)9-14(2)10-18(21)6/h7,9,15-20H,8,10-12H2,1-6H3/t15-,16+,17-,18+,19-,20?,21?/m0/s1. The quantitative estimate of drug-likeness (QED) is 0.618. The van der Waals surface area contributed by atoms with Crippen LogP contribution in [0.3, 0.4) is 0 Å². The maximum Gasteiger partial charge on any atom is 0.161 e. The van der Waals surface area contributed by atoms with Crippen molar-refractivity contribution in [2.75, 3.05) is 13.2 Å². The molecule has 1 aliphatic heterocycles. The Morgan fingerprint density at radius 1 is 0.913 bits per heavy atom. The van der Waals surface area contributed by atoms with Gasteiger partial charge in [-0.15, -0.1) is 0 Å². The lowest BCUT2D eigenvalue weighted by Gasteiger charge is -2.51. The summed E-state index contributed by atoms with van der Waals surface area (Å²) in [5, 5.41) is 0. The first-order valence-electron chi connectivity index (χ1n) is 9.41. The average Bonchev–Trinajstić information content (AvgIpc) is 2.45. The maximum atomic E-state index is 6.38. The molecule has 0 radical (unpaired) electrons. The highest BCUT2D eigenvalue weighted by molar-refractivity contribution is 5.14. The summed E-state index contributed by atoms with van der Waals surface area (Å²) in [6.07, 6.45) is 7.18. The summed E-state index contributed by atoms with van der Waals surface area (Å²) in [7, 11) is 0. The summed E-state index contributed by atoms with van der Waals surface area (Å²) in [6.45, 7) is 15.6. The number of ether oxygens (including phenoxy) is 2. The van der Waals surface area contributed by atoms with E-state index in [-0.39, 0.29) is 11.7 Å². The summed E-state index contributed by atoms with van der Waals surface area (Å²) in [4.78, 5) is 0. The molecule has 0 N–H and O–H groups in total. The Bertz CT molecular complexity index is 496. The molecule has 1 heterocycles. The molecular formula is C21H34O2. The molecule has 1 spiro atoms. The van der Waals surface area contributed by atoms with Gasteiger partial charge in [0.05, 0.1) is 13.2 Å². The highest BCUT2D eigenvalue weighted by Gasteiger charge is 2.48. The minimum atomic E-state index is -0.0265. The molecule has 130 valence electrons. The Labute approximate surface area is 142 Å². The van der Waals surface area contributed by atoms with Gasteiger partial charge in [0.15, 0.2) is 6.29 Å². The fourth-order valence-electron chi connectivity index (χ4n) is 5.44. The number of hydrogen-bond donors (Lipinski definition) is 0. The summed E-state index contributed by atoms with van der Waals surface area (Å²) in [5.41, 5.74) is 3.21. The monoisotopic (exact) mass is 318 g/mol. The van der Waals surface area contributed by atoms with E-state index in [1.165, 1.54) is 24.0 Å². The molecule has 0 unspecified atom stereocenters. The van der Waals surface area contributed by atoms with Crippen molar-refractivity contribution in [2.45, 2.75) is 60.7 Å². The molecule has 0 aromatic rings. The molecule has 2 nitrogen and oxygen atoms in total. The van der Waals surface area contributed by atoms with Gasteiger partial charge in [-0.25, -0.2) is 0 Å². The van der Waals surface area contributed by atoms with E-state index in [1.54, 1.807) is 0 Å². The summed E-state index contributed by atoms with van der Waals surface area (Å²) < 4.78 is 12.8. The highest BCUT2D eigenvalue weighted by Crippen LogP contribution is 2.48. The van der Waals surface area contributed by atoms with E-state index in [4.69, 9.17) is 9.47 Å². The number of rotatable bonds is 1. The van der Waals surface area contributed by atoms with Crippen LogP contribution in [0.4, 0.5) is 0 Å². The van der Waals surface area contributed by atoms with E-state index >= 15 is 0 Å². The third-order valence-corrected chi connectivity index (χ3v) is 6.85. The van der Waals surface area contributed by atoms with Crippen LogP contribution in [0, 0.1) is 35.0 Å². The molecule has 2 aliphatic carbocycles. The van der Waals surface area contributed by atoms with Gasteiger partial charge in [-0.05, 0) is 50.4 Å². The van der Waals surface area contributed by atoms with Crippen LogP contribution in [0.2, 0.25) is 0 Å². The summed E-state index contributed by atoms with van der Waals surface area (Å²) >= 11 is 0. The fourth-order valence-corrected chi connectivity index (χ4v) is 5.44. The Balaban J connectivity index is 1.71. The zero-order chi connectivity index (χ0) is 16.8. The second kappa shape index (κ2) is 6.37. The first kappa shape index (κ1) is 17.2. The van der Waals surface area contributed by atoms with Crippen molar-refractivity contribution in [1.29, 1.82) is 0 Å². The van der Waals surface area contributed by atoms with Crippen LogP contribution in [0.1, 0.15) is 54.4 Å². The molecule has 1 saturated heterocycles. The molecule has 23 heavy (non-hydrogen) atoms. The third-order valence-electron chi connectivity index (χ3n) is 6.85. The van der Waals surface area contributed by atoms with Gasteiger partial charge in [-0.3, -0.25) is 0 Å². The molecule has 0 aromatic carbocycles. The lowest BCUT2D eigenvalue weighted by molar-refractivity contribution is -0.277. The molecule has 2 heteroatoms. The predicted molar refractivity (Wildman–Crippen MR) is 95.0 cm³/mol. The zero-order valence-electron chi connectivity index (χ0n) is 15.8. The van der Waals surface area contributed by atoms with E-state index in [1.807, 2.05) is 0 Å². The Hall–Kier alpha value is -0.600. The second-order valence-corrected chi connectivity index (χ2v) is 8.76. The van der Waals surface area contributed by atoms with Crippen LogP contribution in [0.25, 0.3) is 0 Å². The van der Waals surface area contributed by atoms with Gasteiger partial charge < -0.3 is 9.47 Å². The molecule has 3 aliphatic rings. The van der Waals surface area contributed by atoms with Crippen LogP contribution in [0.5, 0.6) is 0 Å². The number of allylic oxidation sites excluding steroid dienone is 4. The van der Waals surface area contributed by atoms with Crippen molar-refractivity contribution < 1.29 is 9.47 Å². The molecule has 3 rings (SSSR count). The summed E-state index contributed by atoms with van der Waals surface area (Å²) in [6, 6.07) is 0. The van der Waals surface area contributed by atoms with Crippen LogP contribution in [-0.2, 0) is 9.47 Å². The van der Waals surface area contributed by atoms with E-state index < -0.39 is 0 Å². The maximum absolute atomic E-state index is 6.38. The predicted octanol–water partition coefficient (Wildman–Crippen LogP) is 5.21. The molecule has 0 saturated carbocycles. The largest absolute Gasteiger partial charge is 0.352 e. The first-order chi connectivity index (χ1) is 10.8.